The lowest BCUT2D eigenvalue weighted by Gasteiger charge is -2.25. The van der Waals surface area contributed by atoms with E-state index >= 15 is 0 Å². The SMILES string of the molecule is CCCCN(Cc1ccccc1)c1ccc(-c2ccccc2)cc1. The van der Waals surface area contributed by atoms with E-state index in [0.29, 0.717) is 0 Å². The summed E-state index contributed by atoms with van der Waals surface area (Å²) in [5, 5.41) is 0. The molecule has 122 valence electrons. The molecule has 0 unspecified atom stereocenters. The lowest BCUT2D eigenvalue weighted by molar-refractivity contribution is 0.716. The van der Waals surface area contributed by atoms with Crippen LogP contribution in [0.5, 0.6) is 0 Å². The fourth-order valence-electron chi connectivity index (χ4n) is 2.95. The van der Waals surface area contributed by atoms with Crippen molar-refractivity contribution in [3.05, 3.63) is 90.5 Å². The van der Waals surface area contributed by atoms with E-state index in [1.54, 1.807) is 0 Å². The van der Waals surface area contributed by atoms with Gasteiger partial charge in [-0.3, -0.25) is 0 Å². The zero-order valence-electron chi connectivity index (χ0n) is 14.4. The number of hydrogen-bond donors (Lipinski definition) is 0. The molecule has 0 bridgehead atoms. The second kappa shape index (κ2) is 8.35. The predicted octanol–water partition coefficient (Wildman–Crippen LogP) is 6.16. The van der Waals surface area contributed by atoms with Crippen molar-refractivity contribution in [1.82, 2.24) is 0 Å². The highest BCUT2D eigenvalue weighted by Crippen LogP contribution is 2.24. The summed E-state index contributed by atoms with van der Waals surface area (Å²) in [6.07, 6.45) is 2.43. The molecule has 24 heavy (non-hydrogen) atoms. The Hall–Kier alpha value is -2.54. The maximum Gasteiger partial charge on any atom is 0.0429 e. The standard InChI is InChI=1S/C23H25N/c1-2-3-18-24(19-20-10-6-4-7-11-20)23-16-14-22(15-17-23)21-12-8-5-9-13-21/h4-17H,2-3,18-19H2,1H3. The number of benzene rings is 3. The van der Waals surface area contributed by atoms with E-state index in [1.807, 2.05) is 0 Å². The van der Waals surface area contributed by atoms with Crippen molar-refractivity contribution in [1.29, 1.82) is 0 Å². The fraction of sp³-hybridized carbons (Fsp3) is 0.217. The van der Waals surface area contributed by atoms with Gasteiger partial charge in [0.1, 0.15) is 0 Å². The third-order valence-corrected chi connectivity index (χ3v) is 4.34. The molecule has 0 aromatic heterocycles. The Bertz CT molecular complexity index is 717. The van der Waals surface area contributed by atoms with E-state index in [-0.39, 0.29) is 0 Å². The molecule has 0 spiro atoms. The van der Waals surface area contributed by atoms with Crippen LogP contribution in [0.2, 0.25) is 0 Å². The third-order valence-electron chi connectivity index (χ3n) is 4.34. The normalized spacial score (nSPS) is 10.5. The van der Waals surface area contributed by atoms with Crippen molar-refractivity contribution in [2.75, 3.05) is 11.4 Å². The van der Waals surface area contributed by atoms with Crippen molar-refractivity contribution < 1.29 is 0 Å². The van der Waals surface area contributed by atoms with E-state index in [4.69, 9.17) is 0 Å². The molecule has 0 atom stereocenters. The Labute approximate surface area is 145 Å². The van der Waals surface area contributed by atoms with Gasteiger partial charge in [0.05, 0.1) is 0 Å². The monoisotopic (exact) mass is 315 g/mol. The van der Waals surface area contributed by atoms with Crippen LogP contribution in [0.1, 0.15) is 25.3 Å². The summed E-state index contributed by atoms with van der Waals surface area (Å²) in [4.78, 5) is 2.48. The third kappa shape index (κ3) is 4.26. The summed E-state index contributed by atoms with van der Waals surface area (Å²) >= 11 is 0. The maximum atomic E-state index is 2.48. The average Bonchev–Trinajstić information content (AvgIpc) is 2.67. The molecule has 1 heteroatoms. The maximum absolute atomic E-state index is 2.48. The molecule has 0 aliphatic rings. The van der Waals surface area contributed by atoms with Gasteiger partial charge in [0, 0.05) is 18.8 Å². The second-order valence-corrected chi connectivity index (χ2v) is 6.17. The molecule has 0 N–H and O–H groups in total. The largest absolute Gasteiger partial charge is 0.367 e. The highest BCUT2D eigenvalue weighted by molar-refractivity contribution is 5.66. The Kier molecular flexibility index (Phi) is 5.68. The van der Waals surface area contributed by atoms with Crippen LogP contribution in [0.15, 0.2) is 84.9 Å². The molecular formula is C23H25N. The Morgan fingerprint density at radius 1 is 0.667 bits per heavy atom. The van der Waals surface area contributed by atoms with Crippen molar-refractivity contribution in [2.45, 2.75) is 26.3 Å². The van der Waals surface area contributed by atoms with E-state index < -0.39 is 0 Å². The molecule has 0 radical (unpaired) electrons. The van der Waals surface area contributed by atoms with Gasteiger partial charge in [-0.25, -0.2) is 0 Å². The van der Waals surface area contributed by atoms with Gasteiger partial charge in [0.25, 0.3) is 0 Å². The molecule has 1 nitrogen and oxygen atoms in total. The quantitative estimate of drug-likeness (QED) is 0.504. The van der Waals surface area contributed by atoms with Crippen LogP contribution >= 0.6 is 0 Å². The molecule has 0 fully saturated rings. The van der Waals surface area contributed by atoms with Crippen LogP contribution in [0.4, 0.5) is 5.69 Å². The van der Waals surface area contributed by atoms with E-state index in [1.165, 1.54) is 35.2 Å². The molecule has 0 saturated heterocycles. The van der Waals surface area contributed by atoms with E-state index in [0.717, 1.165) is 13.1 Å². The zero-order chi connectivity index (χ0) is 16.6. The van der Waals surface area contributed by atoms with Crippen molar-refractivity contribution in [3.63, 3.8) is 0 Å². The minimum Gasteiger partial charge on any atom is -0.367 e. The Morgan fingerprint density at radius 3 is 1.88 bits per heavy atom. The van der Waals surface area contributed by atoms with Gasteiger partial charge >= 0.3 is 0 Å². The average molecular weight is 315 g/mol. The topological polar surface area (TPSA) is 3.24 Å². The first kappa shape index (κ1) is 16.3. The smallest absolute Gasteiger partial charge is 0.0429 e. The lowest BCUT2D eigenvalue weighted by Crippen LogP contribution is -2.23. The molecule has 3 rings (SSSR count). The number of hydrogen-bond acceptors (Lipinski definition) is 1. The predicted molar refractivity (Wildman–Crippen MR) is 104 cm³/mol. The van der Waals surface area contributed by atoms with Gasteiger partial charge in [-0.05, 0) is 35.2 Å². The van der Waals surface area contributed by atoms with Crippen molar-refractivity contribution in [3.8, 4) is 11.1 Å². The van der Waals surface area contributed by atoms with Gasteiger partial charge in [0.15, 0.2) is 0 Å². The highest BCUT2D eigenvalue weighted by Gasteiger charge is 2.07. The minimum atomic E-state index is 0.964. The fourth-order valence-corrected chi connectivity index (χ4v) is 2.95. The molecule has 0 saturated carbocycles. The number of anilines is 1. The number of rotatable bonds is 7. The van der Waals surface area contributed by atoms with Crippen LogP contribution < -0.4 is 4.90 Å². The molecule has 3 aromatic carbocycles. The van der Waals surface area contributed by atoms with E-state index in [9.17, 15) is 0 Å². The summed E-state index contributed by atoms with van der Waals surface area (Å²) in [7, 11) is 0. The van der Waals surface area contributed by atoms with Gasteiger partial charge in [0.2, 0.25) is 0 Å². The van der Waals surface area contributed by atoms with Gasteiger partial charge in [-0.1, -0.05) is 86.1 Å². The first-order valence-electron chi connectivity index (χ1n) is 8.81. The van der Waals surface area contributed by atoms with Crippen LogP contribution in [-0.2, 0) is 6.54 Å². The highest BCUT2D eigenvalue weighted by atomic mass is 15.1. The first-order valence-corrected chi connectivity index (χ1v) is 8.81. The van der Waals surface area contributed by atoms with Crippen LogP contribution in [0.25, 0.3) is 11.1 Å². The summed E-state index contributed by atoms with van der Waals surface area (Å²) in [6, 6.07) is 30.2. The molecule has 0 aliphatic heterocycles. The number of unbranched alkanes of at least 4 members (excludes halogenated alkanes) is 1. The van der Waals surface area contributed by atoms with Crippen LogP contribution in [0, 0.1) is 0 Å². The minimum absolute atomic E-state index is 0.964. The van der Waals surface area contributed by atoms with Gasteiger partial charge in [-0.15, -0.1) is 0 Å². The van der Waals surface area contributed by atoms with Gasteiger partial charge < -0.3 is 4.90 Å². The summed E-state index contributed by atoms with van der Waals surface area (Å²) in [6.45, 7) is 4.31. The van der Waals surface area contributed by atoms with Crippen LogP contribution in [-0.4, -0.2) is 6.54 Å². The Morgan fingerprint density at radius 2 is 1.25 bits per heavy atom. The van der Waals surface area contributed by atoms with E-state index in [2.05, 4.69) is 96.8 Å². The van der Waals surface area contributed by atoms with Crippen molar-refractivity contribution >= 4 is 5.69 Å². The van der Waals surface area contributed by atoms with Crippen LogP contribution in [0.3, 0.4) is 0 Å². The molecule has 0 aliphatic carbocycles. The second-order valence-electron chi connectivity index (χ2n) is 6.17. The zero-order valence-corrected chi connectivity index (χ0v) is 14.4. The summed E-state index contributed by atoms with van der Waals surface area (Å²) in [5.41, 5.74) is 5.20. The molecular weight excluding hydrogens is 290 g/mol. The Balaban J connectivity index is 1.79. The molecule has 0 amide bonds. The summed E-state index contributed by atoms with van der Waals surface area (Å²) in [5.74, 6) is 0. The molecule has 3 aromatic rings. The number of nitrogens with zero attached hydrogens (tertiary/aromatic N) is 1. The summed E-state index contributed by atoms with van der Waals surface area (Å²) < 4.78 is 0. The van der Waals surface area contributed by atoms with Crippen molar-refractivity contribution in [2.24, 2.45) is 0 Å². The van der Waals surface area contributed by atoms with Gasteiger partial charge in [-0.2, -0.15) is 0 Å². The molecule has 0 heterocycles. The lowest BCUT2D eigenvalue weighted by atomic mass is 10.1. The first-order chi connectivity index (χ1) is 11.9.